The molecule has 0 aromatic carbocycles. The molecule has 16 heavy (non-hydrogen) atoms. The number of aryl methyl sites for hydroxylation is 1. The van der Waals surface area contributed by atoms with E-state index in [0.717, 1.165) is 24.5 Å². The molecule has 1 heterocycles. The highest BCUT2D eigenvalue weighted by molar-refractivity contribution is 5.12. The molecule has 0 spiro atoms. The summed E-state index contributed by atoms with van der Waals surface area (Å²) < 4.78 is 1.87. The monoisotopic (exact) mass is 222 g/mol. The zero-order valence-corrected chi connectivity index (χ0v) is 10.7. The van der Waals surface area contributed by atoms with Crippen molar-refractivity contribution in [2.24, 2.45) is 12.8 Å². The van der Waals surface area contributed by atoms with Gasteiger partial charge in [-0.05, 0) is 12.8 Å². The van der Waals surface area contributed by atoms with E-state index >= 15 is 0 Å². The lowest BCUT2D eigenvalue weighted by Gasteiger charge is -2.21. The van der Waals surface area contributed by atoms with Crippen molar-refractivity contribution in [2.45, 2.75) is 57.4 Å². The van der Waals surface area contributed by atoms with E-state index in [1.807, 2.05) is 11.7 Å². The Morgan fingerprint density at radius 1 is 1.25 bits per heavy atom. The molecule has 0 amide bonds. The van der Waals surface area contributed by atoms with E-state index in [1.54, 1.807) is 0 Å². The van der Waals surface area contributed by atoms with Crippen LogP contribution in [-0.4, -0.2) is 14.8 Å². The average Bonchev–Trinajstić information content (AvgIpc) is 2.71. The summed E-state index contributed by atoms with van der Waals surface area (Å²) in [4.78, 5) is 4.66. The highest BCUT2D eigenvalue weighted by atomic mass is 15.3. The SMILES string of the molecule is Cn1nc(C(C)(C)C)nc1C1(N)CCCC1. The number of nitrogens with zero attached hydrogens (tertiary/aromatic N) is 3. The molecule has 2 rings (SSSR count). The van der Waals surface area contributed by atoms with Crippen LogP contribution in [-0.2, 0) is 18.0 Å². The first-order valence-corrected chi connectivity index (χ1v) is 6.04. The number of rotatable bonds is 1. The first-order valence-electron chi connectivity index (χ1n) is 6.04. The van der Waals surface area contributed by atoms with E-state index in [-0.39, 0.29) is 11.0 Å². The number of hydrogen-bond donors (Lipinski definition) is 1. The van der Waals surface area contributed by atoms with Gasteiger partial charge < -0.3 is 5.73 Å². The maximum absolute atomic E-state index is 6.41. The van der Waals surface area contributed by atoms with Crippen LogP contribution in [0.25, 0.3) is 0 Å². The van der Waals surface area contributed by atoms with Crippen LogP contribution in [0.3, 0.4) is 0 Å². The van der Waals surface area contributed by atoms with E-state index in [0.29, 0.717) is 0 Å². The average molecular weight is 222 g/mol. The maximum Gasteiger partial charge on any atom is 0.156 e. The molecule has 1 saturated carbocycles. The molecule has 0 saturated heterocycles. The van der Waals surface area contributed by atoms with Gasteiger partial charge in [-0.2, -0.15) is 5.10 Å². The molecule has 1 aromatic rings. The fraction of sp³-hybridized carbons (Fsp3) is 0.833. The Morgan fingerprint density at radius 2 is 1.81 bits per heavy atom. The van der Waals surface area contributed by atoms with Crippen LogP contribution in [0, 0.1) is 0 Å². The van der Waals surface area contributed by atoms with Crippen molar-refractivity contribution in [2.75, 3.05) is 0 Å². The van der Waals surface area contributed by atoms with Crippen LogP contribution in [0.15, 0.2) is 0 Å². The van der Waals surface area contributed by atoms with E-state index in [4.69, 9.17) is 5.73 Å². The van der Waals surface area contributed by atoms with Crippen LogP contribution in [0.5, 0.6) is 0 Å². The van der Waals surface area contributed by atoms with Crippen LogP contribution in [0.4, 0.5) is 0 Å². The van der Waals surface area contributed by atoms with Gasteiger partial charge in [0.15, 0.2) is 5.82 Å². The Hall–Kier alpha value is -0.900. The van der Waals surface area contributed by atoms with Gasteiger partial charge in [0.2, 0.25) is 0 Å². The quantitative estimate of drug-likeness (QED) is 0.788. The Bertz CT molecular complexity index is 380. The van der Waals surface area contributed by atoms with Crippen molar-refractivity contribution in [1.82, 2.24) is 14.8 Å². The van der Waals surface area contributed by atoms with Gasteiger partial charge in [-0.25, -0.2) is 4.98 Å². The zero-order chi connectivity index (χ0) is 12.0. The summed E-state index contributed by atoms with van der Waals surface area (Å²) in [5.41, 5.74) is 6.16. The second-order valence-electron chi connectivity index (χ2n) is 6.00. The van der Waals surface area contributed by atoms with Gasteiger partial charge in [0, 0.05) is 12.5 Å². The van der Waals surface area contributed by atoms with Crippen molar-refractivity contribution in [1.29, 1.82) is 0 Å². The summed E-state index contributed by atoms with van der Waals surface area (Å²) in [6.45, 7) is 6.39. The molecule has 0 bridgehead atoms. The standard InChI is InChI=1S/C12H22N4/c1-11(2,3)9-14-10(16(4)15-9)12(13)7-5-6-8-12/h5-8,13H2,1-4H3. The molecule has 4 heteroatoms. The van der Waals surface area contributed by atoms with E-state index in [1.165, 1.54) is 12.8 Å². The molecule has 0 unspecified atom stereocenters. The molecular weight excluding hydrogens is 200 g/mol. The van der Waals surface area contributed by atoms with E-state index in [9.17, 15) is 0 Å². The lowest BCUT2D eigenvalue weighted by Crippen LogP contribution is -2.36. The van der Waals surface area contributed by atoms with Gasteiger partial charge in [-0.3, -0.25) is 4.68 Å². The Kier molecular flexibility index (Phi) is 2.57. The van der Waals surface area contributed by atoms with Gasteiger partial charge in [-0.1, -0.05) is 33.6 Å². The first-order chi connectivity index (χ1) is 7.33. The minimum atomic E-state index is -0.245. The normalized spacial score (nSPS) is 20.3. The van der Waals surface area contributed by atoms with Crippen LogP contribution in [0.2, 0.25) is 0 Å². The van der Waals surface area contributed by atoms with Gasteiger partial charge >= 0.3 is 0 Å². The van der Waals surface area contributed by atoms with Crippen molar-refractivity contribution in [3.05, 3.63) is 11.6 Å². The summed E-state index contributed by atoms with van der Waals surface area (Å²) in [5.74, 6) is 1.84. The predicted octanol–water partition coefficient (Wildman–Crippen LogP) is 1.84. The van der Waals surface area contributed by atoms with Gasteiger partial charge in [0.25, 0.3) is 0 Å². The lowest BCUT2D eigenvalue weighted by molar-refractivity contribution is 0.410. The molecule has 0 radical (unpaired) electrons. The van der Waals surface area contributed by atoms with E-state index in [2.05, 4.69) is 30.9 Å². The summed E-state index contributed by atoms with van der Waals surface area (Å²) in [6.07, 6.45) is 4.47. The van der Waals surface area contributed by atoms with Crippen molar-refractivity contribution < 1.29 is 0 Å². The topological polar surface area (TPSA) is 56.7 Å². The minimum Gasteiger partial charge on any atom is -0.319 e. The van der Waals surface area contributed by atoms with Crippen LogP contribution < -0.4 is 5.73 Å². The highest BCUT2D eigenvalue weighted by Gasteiger charge is 2.36. The van der Waals surface area contributed by atoms with Gasteiger partial charge in [-0.15, -0.1) is 0 Å². The van der Waals surface area contributed by atoms with Crippen molar-refractivity contribution in [3.8, 4) is 0 Å². The van der Waals surface area contributed by atoms with Crippen LogP contribution in [0.1, 0.15) is 58.1 Å². The minimum absolute atomic E-state index is 0.00895. The zero-order valence-electron chi connectivity index (χ0n) is 10.7. The number of hydrogen-bond acceptors (Lipinski definition) is 3. The fourth-order valence-corrected chi connectivity index (χ4v) is 2.37. The molecule has 0 atom stereocenters. The van der Waals surface area contributed by atoms with Crippen LogP contribution >= 0.6 is 0 Å². The molecule has 1 aromatic heterocycles. The molecule has 0 aliphatic heterocycles. The van der Waals surface area contributed by atoms with Crippen molar-refractivity contribution in [3.63, 3.8) is 0 Å². The Balaban J connectivity index is 2.39. The Morgan fingerprint density at radius 3 is 2.25 bits per heavy atom. The smallest absolute Gasteiger partial charge is 0.156 e. The number of nitrogens with two attached hydrogens (primary N) is 1. The van der Waals surface area contributed by atoms with Crippen molar-refractivity contribution >= 4 is 0 Å². The summed E-state index contributed by atoms with van der Waals surface area (Å²) in [6, 6.07) is 0. The molecule has 1 fully saturated rings. The second kappa shape index (κ2) is 3.55. The molecule has 90 valence electrons. The summed E-state index contributed by atoms with van der Waals surface area (Å²) in [7, 11) is 1.95. The fourth-order valence-electron chi connectivity index (χ4n) is 2.37. The molecule has 2 N–H and O–H groups in total. The van der Waals surface area contributed by atoms with Gasteiger partial charge in [0.05, 0.1) is 5.54 Å². The predicted molar refractivity (Wildman–Crippen MR) is 64.0 cm³/mol. The third-order valence-electron chi connectivity index (χ3n) is 3.37. The first kappa shape index (κ1) is 11.6. The lowest BCUT2D eigenvalue weighted by atomic mass is 9.95. The highest BCUT2D eigenvalue weighted by Crippen LogP contribution is 2.35. The summed E-state index contributed by atoms with van der Waals surface area (Å²) >= 11 is 0. The molecule has 4 nitrogen and oxygen atoms in total. The second-order valence-corrected chi connectivity index (χ2v) is 6.00. The number of aromatic nitrogens is 3. The summed E-state index contributed by atoms with van der Waals surface area (Å²) in [5, 5.41) is 4.50. The molecule has 1 aliphatic rings. The third kappa shape index (κ3) is 1.86. The molecule has 1 aliphatic carbocycles. The third-order valence-corrected chi connectivity index (χ3v) is 3.37. The largest absolute Gasteiger partial charge is 0.319 e. The Labute approximate surface area is 97.2 Å². The van der Waals surface area contributed by atoms with E-state index < -0.39 is 0 Å². The molecular formula is C12H22N4. The van der Waals surface area contributed by atoms with Gasteiger partial charge in [0.1, 0.15) is 5.82 Å². The maximum atomic E-state index is 6.41.